The van der Waals surface area contributed by atoms with Crippen LogP contribution in [0, 0.1) is 5.92 Å². The zero-order valence-electron chi connectivity index (χ0n) is 12.4. The van der Waals surface area contributed by atoms with Gasteiger partial charge in [-0.3, -0.25) is 0 Å². The highest BCUT2D eigenvalue weighted by Crippen LogP contribution is 2.35. The van der Waals surface area contributed by atoms with Crippen LogP contribution >= 0.6 is 0 Å². The van der Waals surface area contributed by atoms with Crippen LogP contribution in [-0.4, -0.2) is 14.9 Å². The molecule has 0 aliphatic rings. The highest BCUT2D eigenvalue weighted by atomic mass is 28.2. The first-order chi connectivity index (χ1) is 8.14. The van der Waals surface area contributed by atoms with Crippen LogP contribution in [0.4, 0.5) is 0 Å². The quantitative estimate of drug-likeness (QED) is 0.829. The molecule has 0 unspecified atom stereocenters. The van der Waals surface area contributed by atoms with Gasteiger partial charge >= 0.3 is 0 Å². The largest absolute Gasteiger partial charge is 0.549 e. The number of benzene rings is 1. The Bertz CT molecular complexity index is 392. The molecule has 0 saturated carbocycles. The number of hydrogen-bond donors (Lipinski definition) is 1. The zero-order valence-corrected chi connectivity index (χ0v) is 13.9. The predicted molar refractivity (Wildman–Crippen MR) is 79.7 cm³/mol. The van der Waals surface area contributed by atoms with E-state index in [4.69, 9.17) is 4.43 Å². The minimum absolute atomic E-state index is 0.257. The van der Waals surface area contributed by atoms with Crippen molar-refractivity contribution in [2.24, 2.45) is 5.92 Å². The molecule has 0 amide bonds. The van der Waals surface area contributed by atoms with Gasteiger partial charge in [0.25, 0.3) is 0 Å². The number of rotatable bonds is 5. The summed E-state index contributed by atoms with van der Waals surface area (Å²) in [7, 11) is -0.697. The second-order valence-corrected chi connectivity index (χ2v) is 8.89. The fraction of sp³-hybridized carbons (Fsp3) is 0.600. The lowest BCUT2D eigenvalue weighted by Crippen LogP contribution is -2.26. The average molecular weight is 266 g/mol. The van der Waals surface area contributed by atoms with Gasteiger partial charge in [-0.05, 0) is 30.9 Å². The first kappa shape index (κ1) is 15.3. The Morgan fingerprint density at radius 1 is 1.11 bits per heavy atom. The standard InChI is InChI=1S/C15H26O2Si/c1-11(2)15(5,6)18-17-13-10-8-7-9-12(13)14(3,4)16/h7-11,16H,18H2,1-6H3. The lowest BCUT2D eigenvalue weighted by molar-refractivity contribution is 0.0768. The molecule has 0 saturated heterocycles. The fourth-order valence-electron chi connectivity index (χ4n) is 1.53. The molecule has 0 aliphatic heterocycles. The van der Waals surface area contributed by atoms with Crippen LogP contribution in [0.2, 0.25) is 5.04 Å². The first-order valence-electron chi connectivity index (χ1n) is 6.59. The topological polar surface area (TPSA) is 29.5 Å². The van der Waals surface area contributed by atoms with Gasteiger partial charge in [0, 0.05) is 5.56 Å². The maximum absolute atomic E-state index is 10.1. The first-order valence-corrected chi connectivity index (χ1v) is 7.88. The van der Waals surface area contributed by atoms with E-state index in [0.29, 0.717) is 5.92 Å². The lowest BCUT2D eigenvalue weighted by Gasteiger charge is -2.30. The van der Waals surface area contributed by atoms with Crippen LogP contribution in [0.5, 0.6) is 5.75 Å². The summed E-state index contributed by atoms with van der Waals surface area (Å²) < 4.78 is 6.07. The number of hydrogen-bond acceptors (Lipinski definition) is 2. The van der Waals surface area contributed by atoms with Crippen LogP contribution in [0.3, 0.4) is 0 Å². The Kier molecular flexibility index (Phi) is 4.62. The normalized spacial score (nSPS) is 13.6. The Balaban J connectivity index is 2.86. The summed E-state index contributed by atoms with van der Waals surface area (Å²) in [5.41, 5.74) is 0.0181. The number of aliphatic hydroxyl groups is 1. The highest BCUT2D eigenvalue weighted by molar-refractivity contribution is 6.33. The molecule has 1 aromatic carbocycles. The maximum Gasteiger partial charge on any atom is 0.225 e. The molecule has 1 rings (SSSR count). The van der Waals surface area contributed by atoms with E-state index in [1.807, 2.05) is 24.3 Å². The van der Waals surface area contributed by atoms with Crippen molar-refractivity contribution < 1.29 is 9.53 Å². The maximum atomic E-state index is 10.1. The Hall–Kier alpha value is -0.803. The second kappa shape index (κ2) is 5.45. The van der Waals surface area contributed by atoms with Gasteiger partial charge in [0.05, 0.1) is 5.60 Å². The van der Waals surface area contributed by atoms with Gasteiger partial charge in [0.15, 0.2) is 0 Å². The average Bonchev–Trinajstić information content (AvgIpc) is 2.25. The molecule has 0 bridgehead atoms. The van der Waals surface area contributed by atoms with Crippen molar-refractivity contribution in [3.8, 4) is 5.75 Å². The smallest absolute Gasteiger partial charge is 0.225 e. The van der Waals surface area contributed by atoms with Gasteiger partial charge in [0.2, 0.25) is 9.76 Å². The molecule has 1 aromatic rings. The zero-order chi connectivity index (χ0) is 14.0. The van der Waals surface area contributed by atoms with E-state index < -0.39 is 15.4 Å². The molecular weight excluding hydrogens is 240 g/mol. The molecule has 0 radical (unpaired) electrons. The van der Waals surface area contributed by atoms with Crippen LogP contribution in [-0.2, 0) is 5.60 Å². The predicted octanol–water partition coefficient (Wildman–Crippen LogP) is 3.23. The van der Waals surface area contributed by atoms with E-state index in [0.717, 1.165) is 11.3 Å². The SMILES string of the molecule is CC(C)C(C)(C)[SiH2]Oc1ccccc1C(C)(C)O. The Morgan fingerprint density at radius 2 is 1.67 bits per heavy atom. The third-order valence-electron chi connectivity index (χ3n) is 3.71. The minimum atomic E-state index is -0.854. The van der Waals surface area contributed by atoms with E-state index >= 15 is 0 Å². The Labute approximate surface area is 113 Å². The van der Waals surface area contributed by atoms with Gasteiger partial charge < -0.3 is 9.53 Å². The van der Waals surface area contributed by atoms with Crippen molar-refractivity contribution >= 4 is 9.76 Å². The van der Waals surface area contributed by atoms with Gasteiger partial charge in [-0.15, -0.1) is 0 Å². The van der Waals surface area contributed by atoms with Crippen molar-refractivity contribution in [1.29, 1.82) is 0 Å². The number of para-hydroxylation sites is 1. The molecular formula is C15H26O2Si. The van der Waals surface area contributed by atoms with E-state index in [9.17, 15) is 5.11 Å². The van der Waals surface area contributed by atoms with Crippen molar-refractivity contribution in [1.82, 2.24) is 0 Å². The van der Waals surface area contributed by atoms with E-state index in [-0.39, 0.29) is 5.04 Å². The van der Waals surface area contributed by atoms with E-state index in [1.165, 1.54) is 0 Å². The van der Waals surface area contributed by atoms with Crippen molar-refractivity contribution in [3.63, 3.8) is 0 Å². The van der Waals surface area contributed by atoms with Crippen molar-refractivity contribution in [3.05, 3.63) is 29.8 Å². The van der Waals surface area contributed by atoms with Crippen LogP contribution in [0.15, 0.2) is 24.3 Å². The third kappa shape index (κ3) is 3.85. The van der Waals surface area contributed by atoms with Gasteiger partial charge in [-0.1, -0.05) is 45.9 Å². The molecule has 0 atom stereocenters. The second-order valence-electron chi connectivity index (χ2n) is 6.49. The monoisotopic (exact) mass is 266 g/mol. The fourth-order valence-corrected chi connectivity index (χ4v) is 2.64. The molecule has 0 fully saturated rings. The third-order valence-corrected chi connectivity index (χ3v) is 5.72. The minimum Gasteiger partial charge on any atom is -0.549 e. The summed E-state index contributed by atoms with van der Waals surface area (Å²) >= 11 is 0. The van der Waals surface area contributed by atoms with Crippen molar-refractivity contribution in [2.75, 3.05) is 0 Å². The molecule has 0 aromatic heterocycles. The van der Waals surface area contributed by atoms with E-state index in [2.05, 4.69) is 27.7 Å². The van der Waals surface area contributed by atoms with Gasteiger partial charge in [0.1, 0.15) is 5.75 Å². The van der Waals surface area contributed by atoms with Crippen molar-refractivity contribution in [2.45, 2.75) is 52.2 Å². The lowest BCUT2D eigenvalue weighted by atomic mass is 9.98. The molecule has 0 aliphatic carbocycles. The summed E-state index contributed by atoms with van der Waals surface area (Å²) in [6, 6.07) is 7.79. The summed E-state index contributed by atoms with van der Waals surface area (Å²) in [6.07, 6.45) is 0. The summed E-state index contributed by atoms with van der Waals surface area (Å²) in [5, 5.41) is 10.4. The highest BCUT2D eigenvalue weighted by Gasteiger charge is 2.26. The molecule has 0 heterocycles. The van der Waals surface area contributed by atoms with Crippen LogP contribution in [0.1, 0.15) is 47.1 Å². The van der Waals surface area contributed by atoms with Gasteiger partial charge in [-0.2, -0.15) is 0 Å². The summed E-state index contributed by atoms with van der Waals surface area (Å²) in [5.74, 6) is 1.45. The molecule has 0 spiro atoms. The molecule has 3 heteroatoms. The molecule has 102 valence electrons. The molecule has 2 nitrogen and oxygen atoms in total. The van der Waals surface area contributed by atoms with E-state index in [1.54, 1.807) is 13.8 Å². The molecule has 1 N–H and O–H groups in total. The van der Waals surface area contributed by atoms with Crippen LogP contribution in [0.25, 0.3) is 0 Å². The summed E-state index contributed by atoms with van der Waals surface area (Å²) in [4.78, 5) is 0. The summed E-state index contributed by atoms with van der Waals surface area (Å²) in [6.45, 7) is 12.6. The van der Waals surface area contributed by atoms with Gasteiger partial charge in [-0.25, -0.2) is 0 Å². The Morgan fingerprint density at radius 3 is 2.17 bits per heavy atom. The molecule has 18 heavy (non-hydrogen) atoms. The van der Waals surface area contributed by atoms with Crippen LogP contribution < -0.4 is 4.43 Å².